The van der Waals surface area contributed by atoms with Crippen molar-refractivity contribution in [2.24, 2.45) is 27.7 Å². The van der Waals surface area contributed by atoms with Crippen LogP contribution in [0.4, 0.5) is 4.39 Å². The Bertz CT molecular complexity index is 1260. The lowest BCUT2D eigenvalue weighted by atomic mass is 9.88. The number of ketones is 1. The Kier molecular flexibility index (Phi) is 7.06. The maximum atomic E-state index is 15.3. The van der Waals surface area contributed by atoms with E-state index in [1.807, 2.05) is 6.07 Å². The van der Waals surface area contributed by atoms with Gasteiger partial charge in [-0.2, -0.15) is 0 Å². The molecule has 38 heavy (non-hydrogen) atoms. The van der Waals surface area contributed by atoms with Crippen molar-refractivity contribution in [1.82, 2.24) is 9.80 Å². The highest BCUT2D eigenvalue weighted by Gasteiger charge is 2.47. The van der Waals surface area contributed by atoms with Crippen LogP contribution in [-0.4, -0.2) is 84.3 Å². The zero-order chi connectivity index (χ0) is 27.0. The van der Waals surface area contributed by atoms with E-state index in [9.17, 15) is 14.7 Å². The third-order valence-electron chi connectivity index (χ3n) is 7.21. The van der Waals surface area contributed by atoms with Crippen LogP contribution in [0.15, 0.2) is 52.0 Å². The molecule has 1 saturated heterocycles. The van der Waals surface area contributed by atoms with E-state index in [1.165, 1.54) is 12.3 Å². The van der Waals surface area contributed by atoms with E-state index in [-0.39, 0.29) is 43.1 Å². The molecule has 3 atom stereocenters. The minimum Gasteiger partial charge on any atom is -0.497 e. The van der Waals surface area contributed by atoms with Gasteiger partial charge < -0.3 is 35.0 Å². The number of rotatable bonds is 8. The summed E-state index contributed by atoms with van der Waals surface area (Å²) in [6.45, 7) is 1.08. The van der Waals surface area contributed by atoms with Gasteiger partial charge in [0.15, 0.2) is 17.4 Å². The van der Waals surface area contributed by atoms with Gasteiger partial charge in [0, 0.05) is 42.9 Å². The van der Waals surface area contributed by atoms with E-state index in [0.29, 0.717) is 23.8 Å². The van der Waals surface area contributed by atoms with E-state index < -0.39 is 29.7 Å². The molecule has 3 heterocycles. The third-order valence-corrected chi connectivity index (χ3v) is 7.21. The SMILES string of the molecule is COc1ccc(CO/N=C2/CN(C3=NC4C(C=C3F)C(=O)C(C(=O)O)=CN4C3CC3)CC2CN)c(OC)c1. The van der Waals surface area contributed by atoms with Gasteiger partial charge in [-0.25, -0.2) is 14.2 Å². The first-order valence-electron chi connectivity index (χ1n) is 12.4. The van der Waals surface area contributed by atoms with Crippen LogP contribution in [0.1, 0.15) is 18.4 Å². The fourth-order valence-corrected chi connectivity index (χ4v) is 5.00. The Hall–Kier alpha value is -3.93. The predicted octanol–water partition coefficient (Wildman–Crippen LogP) is 1.69. The first-order valence-corrected chi connectivity index (χ1v) is 12.4. The lowest BCUT2D eigenvalue weighted by Crippen LogP contribution is -2.49. The molecule has 3 aliphatic heterocycles. The second kappa shape index (κ2) is 10.4. The number of hydrogen-bond acceptors (Lipinski definition) is 10. The molecule has 0 radical (unpaired) electrons. The van der Waals surface area contributed by atoms with Crippen molar-refractivity contribution in [3.8, 4) is 11.5 Å². The predicted molar refractivity (Wildman–Crippen MR) is 135 cm³/mol. The number of aliphatic imine (C=N–C) groups is 1. The van der Waals surface area contributed by atoms with Crippen LogP contribution in [0.3, 0.4) is 0 Å². The molecule has 1 aromatic rings. The molecule has 5 rings (SSSR count). The number of likely N-dealkylation sites (tertiary alicyclic amines) is 1. The number of carbonyl (C=O) groups is 2. The summed E-state index contributed by atoms with van der Waals surface area (Å²) in [5, 5.41) is 13.8. The zero-order valence-corrected chi connectivity index (χ0v) is 21.2. The first kappa shape index (κ1) is 25.7. The Morgan fingerprint density at radius 2 is 2.08 bits per heavy atom. The molecule has 3 unspecified atom stereocenters. The van der Waals surface area contributed by atoms with Gasteiger partial charge in [-0.1, -0.05) is 5.16 Å². The first-order chi connectivity index (χ1) is 18.3. The average Bonchev–Trinajstić information content (AvgIpc) is 3.68. The normalized spacial score (nSPS) is 26.0. The Balaban J connectivity index is 1.34. The van der Waals surface area contributed by atoms with Gasteiger partial charge in [0.2, 0.25) is 0 Å². The topological polar surface area (TPSA) is 139 Å². The third kappa shape index (κ3) is 4.83. The zero-order valence-electron chi connectivity index (χ0n) is 21.2. The second-order valence-electron chi connectivity index (χ2n) is 9.64. The Morgan fingerprint density at radius 3 is 2.74 bits per heavy atom. The van der Waals surface area contributed by atoms with Gasteiger partial charge in [-0.15, -0.1) is 0 Å². The number of ether oxygens (including phenoxy) is 2. The number of carbonyl (C=O) groups excluding carboxylic acids is 1. The number of amidine groups is 1. The summed E-state index contributed by atoms with van der Waals surface area (Å²) in [5.74, 6) is -2.41. The summed E-state index contributed by atoms with van der Waals surface area (Å²) < 4.78 is 25.9. The maximum absolute atomic E-state index is 15.3. The molecule has 1 aliphatic carbocycles. The number of halogens is 1. The number of carboxylic acids is 1. The highest BCUT2D eigenvalue weighted by Crippen LogP contribution is 2.39. The molecule has 12 heteroatoms. The monoisotopic (exact) mass is 527 g/mol. The van der Waals surface area contributed by atoms with Crippen molar-refractivity contribution < 1.29 is 33.4 Å². The molecule has 202 valence electrons. The van der Waals surface area contributed by atoms with Crippen molar-refractivity contribution >= 4 is 23.3 Å². The van der Waals surface area contributed by atoms with Crippen molar-refractivity contribution in [2.75, 3.05) is 33.9 Å². The summed E-state index contributed by atoms with van der Waals surface area (Å²) >= 11 is 0. The van der Waals surface area contributed by atoms with Gasteiger partial charge in [0.25, 0.3) is 0 Å². The van der Waals surface area contributed by atoms with Crippen LogP contribution in [0, 0.1) is 11.8 Å². The lowest BCUT2D eigenvalue weighted by molar-refractivity contribution is -0.136. The number of methoxy groups -OCH3 is 2. The summed E-state index contributed by atoms with van der Waals surface area (Å²) in [5.41, 5.74) is 7.08. The molecule has 11 nitrogen and oxygen atoms in total. The maximum Gasteiger partial charge on any atom is 0.340 e. The Labute approximate surface area is 219 Å². The quantitative estimate of drug-likeness (QED) is 0.382. The van der Waals surface area contributed by atoms with Crippen molar-refractivity contribution in [2.45, 2.75) is 31.7 Å². The molecule has 0 bridgehead atoms. The second-order valence-corrected chi connectivity index (χ2v) is 9.64. The Morgan fingerprint density at radius 1 is 1.29 bits per heavy atom. The van der Waals surface area contributed by atoms with Crippen molar-refractivity contribution in [3.63, 3.8) is 0 Å². The fraction of sp³-hybridized carbons (Fsp3) is 0.462. The number of Topliss-reactive ketones (excluding diaryl/α,β-unsaturated/α-hetero) is 1. The van der Waals surface area contributed by atoms with Crippen LogP contribution in [0.2, 0.25) is 0 Å². The van der Waals surface area contributed by atoms with E-state index in [4.69, 9.17) is 20.0 Å². The smallest absolute Gasteiger partial charge is 0.340 e. The van der Waals surface area contributed by atoms with Crippen LogP contribution in [0.5, 0.6) is 11.5 Å². The van der Waals surface area contributed by atoms with Crippen molar-refractivity contribution in [3.05, 3.63) is 47.4 Å². The number of aliphatic carboxylic acids is 1. The number of nitrogens with two attached hydrogens (primary N) is 1. The van der Waals surface area contributed by atoms with Crippen molar-refractivity contribution in [1.29, 1.82) is 0 Å². The lowest BCUT2D eigenvalue weighted by Gasteiger charge is -2.39. The van der Waals surface area contributed by atoms with E-state index >= 15 is 4.39 Å². The minimum atomic E-state index is -1.32. The number of dihydropyridines is 1. The average molecular weight is 528 g/mol. The molecule has 1 saturated carbocycles. The molecular formula is C26H30FN5O6. The van der Waals surface area contributed by atoms with E-state index in [1.54, 1.807) is 36.2 Å². The minimum absolute atomic E-state index is 0.0837. The molecular weight excluding hydrogens is 497 g/mol. The van der Waals surface area contributed by atoms with Crippen LogP contribution < -0.4 is 15.2 Å². The van der Waals surface area contributed by atoms with Crippen LogP contribution in [0.25, 0.3) is 0 Å². The van der Waals surface area contributed by atoms with Gasteiger partial charge in [0.05, 0.1) is 32.4 Å². The fourth-order valence-electron chi connectivity index (χ4n) is 5.00. The standard InChI is InChI=1S/C26H30FN5O6/c1-36-17-6-3-14(22(7-17)37-2)13-38-30-21-12-31(10-15(21)9-28)25-20(27)8-18-23(33)19(26(34)35)11-32(16-4-5-16)24(18)29-25/h3,6-8,11,15-16,18,24H,4-5,9-10,12-13,28H2,1-2H3,(H,34,35)/b30-21-. The molecule has 4 aliphatic rings. The number of hydrogen-bond donors (Lipinski definition) is 2. The number of benzene rings is 1. The van der Waals surface area contributed by atoms with Gasteiger partial charge >= 0.3 is 5.97 Å². The van der Waals surface area contributed by atoms with Crippen LogP contribution >= 0.6 is 0 Å². The molecule has 0 aromatic heterocycles. The van der Waals surface area contributed by atoms with Gasteiger partial charge in [-0.3, -0.25) is 4.79 Å². The molecule has 2 fully saturated rings. The highest BCUT2D eigenvalue weighted by atomic mass is 19.1. The molecule has 0 spiro atoms. The van der Waals surface area contributed by atoms with E-state index in [2.05, 4.69) is 10.1 Å². The summed E-state index contributed by atoms with van der Waals surface area (Å²) in [7, 11) is 3.13. The number of oxime groups is 1. The molecule has 0 amide bonds. The van der Waals surface area contributed by atoms with Gasteiger partial charge in [0.1, 0.15) is 29.8 Å². The molecule has 1 aromatic carbocycles. The number of nitrogens with zero attached hydrogens (tertiary/aromatic N) is 4. The van der Waals surface area contributed by atoms with Gasteiger partial charge in [-0.05, 0) is 31.1 Å². The number of fused-ring (bicyclic) bond motifs is 1. The molecule has 3 N–H and O–H groups in total. The van der Waals surface area contributed by atoms with Crippen LogP contribution in [-0.2, 0) is 21.0 Å². The largest absolute Gasteiger partial charge is 0.497 e. The number of carboxylic acid groups (broad SMARTS) is 1. The summed E-state index contributed by atoms with van der Waals surface area (Å²) in [6.07, 6.45) is 3.60. The summed E-state index contributed by atoms with van der Waals surface area (Å²) in [4.78, 5) is 38.2. The highest BCUT2D eigenvalue weighted by molar-refractivity contribution is 6.19. The van der Waals surface area contributed by atoms with E-state index in [0.717, 1.165) is 18.4 Å². The summed E-state index contributed by atoms with van der Waals surface area (Å²) in [6, 6.07) is 5.46.